The fourth-order valence-corrected chi connectivity index (χ4v) is 3.03. The van der Waals surface area contributed by atoms with Gasteiger partial charge < -0.3 is 5.32 Å². The molecular formula is C13H17N3O2S. The first-order valence-electron chi connectivity index (χ1n) is 6.20. The molecule has 0 saturated carbocycles. The van der Waals surface area contributed by atoms with E-state index in [-0.39, 0.29) is 10.6 Å². The maximum Gasteiger partial charge on any atom is 0.269 e. The number of aliphatic imine (C=N–C) groups is 1. The number of hydrogen-bond acceptors (Lipinski definition) is 4. The van der Waals surface area contributed by atoms with Crippen molar-refractivity contribution in [1.82, 2.24) is 5.32 Å². The highest BCUT2D eigenvalue weighted by Crippen LogP contribution is 2.27. The average molecular weight is 279 g/mol. The molecule has 2 rings (SSSR count). The number of benzene rings is 1. The Balaban J connectivity index is 2.18. The van der Waals surface area contributed by atoms with Crippen molar-refractivity contribution in [3.8, 4) is 0 Å². The summed E-state index contributed by atoms with van der Waals surface area (Å²) in [5.74, 6) is 1.58. The monoisotopic (exact) mass is 279 g/mol. The van der Waals surface area contributed by atoms with Crippen molar-refractivity contribution in [2.24, 2.45) is 10.9 Å². The molecule has 0 bridgehead atoms. The van der Waals surface area contributed by atoms with Crippen molar-refractivity contribution in [2.75, 3.05) is 5.75 Å². The van der Waals surface area contributed by atoms with Crippen molar-refractivity contribution in [1.29, 1.82) is 0 Å². The van der Waals surface area contributed by atoms with E-state index in [1.807, 2.05) is 6.92 Å². The first kappa shape index (κ1) is 13.9. The number of thioether (sulfide) groups is 1. The Morgan fingerprint density at radius 3 is 2.79 bits per heavy atom. The zero-order valence-corrected chi connectivity index (χ0v) is 12.0. The summed E-state index contributed by atoms with van der Waals surface area (Å²) in [4.78, 5) is 14.8. The fraction of sp³-hybridized carbons (Fsp3) is 0.462. The fourth-order valence-electron chi connectivity index (χ4n) is 1.82. The number of rotatable bonds is 3. The summed E-state index contributed by atoms with van der Waals surface area (Å²) in [6, 6.07) is 5.19. The molecule has 19 heavy (non-hydrogen) atoms. The van der Waals surface area contributed by atoms with Gasteiger partial charge in [-0.3, -0.25) is 10.1 Å². The summed E-state index contributed by atoms with van der Waals surface area (Å²) < 4.78 is 0. The Bertz CT molecular complexity index is 529. The van der Waals surface area contributed by atoms with Crippen LogP contribution in [-0.4, -0.2) is 21.9 Å². The summed E-state index contributed by atoms with van der Waals surface area (Å²) in [7, 11) is 0. The van der Waals surface area contributed by atoms with Gasteiger partial charge in [0.25, 0.3) is 5.69 Å². The highest BCUT2D eigenvalue weighted by molar-refractivity contribution is 8.14. The predicted molar refractivity (Wildman–Crippen MR) is 79.1 cm³/mol. The van der Waals surface area contributed by atoms with Crippen LogP contribution >= 0.6 is 11.8 Å². The van der Waals surface area contributed by atoms with E-state index in [0.717, 1.165) is 22.2 Å². The number of non-ortho nitro benzene ring substituents is 1. The molecule has 5 nitrogen and oxygen atoms in total. The molecule has 1 fully saturated rings. The normalized spacial score (nSPS) is 20.8. The number of hydrogen-bond donors (Lipinski definition) is 1. The third kappa shape index (κ3) is 3.26. The topological polar surface area (TPSA) is 67.5 Å². The molecule has 1 aliphatic rings. The zero-order chi connectivity index (χ0) is 14.0. The van der Waals surface area contributed by atoms with E-state index in [1.54, 1.807) is 23.9 Å². The molecule has 1 atom stereocenters. The van der Waals surface area contributed by atoms with Gasteiger partial charge in [0.05, 0.1) is 10.6 Å². The number of amidine groups is 1. The molecule has 0 aromatic heterocycles. The lowest BCUT2D eigenvalue weighted by Crippen LogP contribution is -2.31. The van der Waals surface area contributed by atoms with Gasteiger partial charge in [0, 0.05) is 23.9 Å². The molecule has 1 N–H and O–H groups in total. The van der Waals surface area contributed by atoms with Crippen molar-refractivity contribution >= 4 is 28.3 Å². The van der Waals surface area contributed by atoms with Gasteiger partial charge in [-0.05, 0) is 24.5 Å². The molecular weight excluding hydrogens is 262 g/mol. The lowest BCUT2D eigenvalue weighted by molar-refractivity contribution is -0.384. The van der Waals surface area contributed by atoms with Crippen LogP contribution in [0.5, 0.6) is 0 Å². The van der Waals surface area contributed by atoms with Crippen LogP contribution in [0.4, 0.5) is 11.4 Å². The third-order valence-corrected chi connectivity index (χ3v) is 4.13. The van der Waals surface area contributed by atoms with E-state index in [0.29, 0.717) is 12.0 Å². The molecule has 0 aliphatic carbocycles. The lowest BCUT2D eigenvalue weighted by atomic mass is 10.1. The van der Waals surface area contributed by atoms with Crippen LogP contribution in [0.15, 0.2) is 23.2 Å². The summed E-state index contributed by atoms with van der Waals surface area (Å²) in [5.41, 5.74) is 1.70. The van der Waals surface area contributed by atoms with Gasteiger partial charge in [-0.25, -0.2) is 4.99 Å². The summed E-state index contributed by atoms with van der Waals surface area (Å²) in [6.45, 7) is 6.20. The van der Waals surface area contributed by atoms with Crippen LogP contribution in [0.2, 0.25) is 0 Å². The lowest BCUT2D eigenvalue weighted by Gasteiger charge is -2.13. The van der Waals surface area contributed by atoms with Gasteiger partial charge in [0.1, 0.15) is 0 Å². The summed E-state index contributed by atoms with van der Waals surface area (Å²) in [6.07, 6.45) is 0. The average Bonchev–Trinajstić information content (AvgIpc) is 2.80. The molecule has 1 aromatic carbocycles. The van der Waals surface area contributed by atoms with E-state index >= 15 is 0 Å². The maximum absolute atomic E-state index is 10.7. The van der Waals surface area contributed by atoms with Crippen LogP contribution in [0.25, 0.3) is 0 Å². The minimum atomic E-state index is -0.388. The second-order valence-corrected chi connectivity index (χ2v) is 5.96. The standard InChI is InChI=1S/C13H17N3O2S/c1-8(2)12-7-19-13(15-12)14-11-5-4-10(16(17)18)6-9(11)3/h4-6,8,12H,7H2,1-3H3,(H,14,15). The molecule has 1 saturated heterocycles. The van der Waals surface area contributed by atoms with Gasteiger partial charge in [0.2, 0.25) is 0 Å². The molecule has 1 aliphatic heterocycles. The van der Waals surface area contributed by atoms with Crippen LogP contribution in [0, 0.1) is 23.0 Å². The second-order valence-electron chi connectivity index (χ2n) is 4.95. The third-order valence-electron chi connectivity index (χ3n) is 3.13. The van der Waals surface area contributed by atoms with E-state index in [1.165, 1.54) is 6.07 Å². The molecule has 0 radical (unpaired) electrons. The molecule has 1 heterocycles. The Labute approximate surface area is 116 Å². The van der Waals surface area contributed by atoms with Crippen LogP contribution in [0.1, 0.15) is 19.4 Å². The Morgan fingerprint density at radius 2 is 2.26 bits per heavy atom. The predicted octanol–water partition coefficient (Wildman–Crippen LogP) is 3.25. The van der Waals surface area contributed by atoms with Gasteiger partial charge in [-0.2, -0.15) is 0 Å². The molecule has 6 heteroatoms. The van der Waals surface area contributed by atoms with Gasteiger partial charge in [0.15, 0.2) is 5.17 Å². The van der Waals surface area contributed by atoms with E-state index in [2.05, 4.69) is 24.2 Å². The highest BCUT2D eigenvalue weighted by atomic mass is 32.2. The minimum Gasteiger partial charge on any atom is -0.361 e. The molecule has 102 valence electrons. The molecule has 1 unspecified atom stereocenters. The van der Waals surface area contributed by atoms with E-state index in [9.17, 15) is 10.1 Å². The van der Waals surface area contributed by atoms with Crippen LogP contribution in [0.3, 0.4) is 0 Å². The van der Waals surface area contributed by atoms with Crippen molar-refractivity contribution in [2.45, 2.75) is 26.8 Å². The largest absolute Gasteiger partial charge is 0.361 e. The van der Waals surface area contributed by atoms with Crippen LogP contribution < -0.4 is 5.32 Å². The van der Waals surface area contributed by atoms with Gasteiger partial charge in [-0.1, -0.05) is 25.6 Å². The zero-order valence-electron chi connectivity index (χ0n) is 11.2. The number of aryl methyl sites for hydroxylation is 1. The maximum atomic E-state index is 10.7. The van der Waals surface area contributed by atoms with E-state index < -0.39 is 0 Å². The second kappa shape index (κ2) is 5.61. The highest BCUT2D eigenvalue weighted by Gasteiger charge is 2.23. The molecule has 1 aromatic rings. The van der Waals surface area contributed by atoms with Gasteiger partial charge in [-0.15, -0.1) is 0 Å². The number of nitro groups is 1. The van der Waals surface area contributed by atoms with Crippen LogP contribution in [-0.2, 0) is 0 Å². The van der Waals surface area contributed by atoms with Gasteiger partial charge >= 0.3 is 0 Å². The summed E-state index contributed by atoms with van der Waals surface area (Å²) >= 11 is 1.70. The quantitative estimate of drug-likeness (QED) is 0.681. The Morgan fingerprint density at radius 1 is 1.53 bits per heavy atom. The summed E-state index contributed by atoms with van der Waals surface area (Å²) in [5, 5.41) is 15.0. The number of nitrogens with zero attached hydrogens (tertiary/aromatic N) is 2. The molecule has 0 spiro atoms. The first-order chi connectivity index (χ1) is 8.97. The number of nitrogens with one attached hydrogen (secondary N) is 1. The van der Waals surface area contributed by atoms with Crippen molar-refractivity contribution in [3.63, 3.8) is 0 Å². The Kier molecular flexibility index (Phi) is 4.09. The van der Waals surface area contributed by atoms with E-state index in [4.69, 9.17) is 0 Å². The Hall–Kier alpha value is -1.56. The first-order valence-corrected chi connectivity index (χ1v) is 7.19. The smallest absolute Gasteiger partial charge is 0.269 e. The van der Waals surface area contributed by atoms with Crippen molar-refractivity contribution in [3.05, 3.63) is 33.9 Å². The van der Waals surface area contributed by atoms with Crippen molar-refractivity contribution < 1.29 is 4.92 Å². The SMILES string of the molecule is Cc1cc([N+](=O)[O-])ccc1/N=C1/NC(C(C)C)CS1. The number of nitro benzene ring substituents is 1. The molecule has 0 amide bonds. The minimum absolute atomic E-state index is 0.105.